The SMILES string of the molecule is COCCCNC(=O)c1c(NCC(=O)c2ccc(OC)c(F)c2)sc2c1CCCC2. The van der Waals surface area contributed by atoms with Crippen molar-refractivity contribution in [1.82, 2.24) is 5.32 Å². The van der Waals surface area contributed by atoms with Gasteiger partial charge in [-0.05, 0) is 55.9 Å². The van der Waals surface area contributed by atoms with E-state index in [2.05, 4.69) is 10.6 Å². The maximum Gasteiger partial charge on any atom is 0.254 e. The molecule has 162 valence electrons. The number of carbonyl (C=O) groups excluding carboxylic acids is 2. The highest BCUT2D eigenvalue weighted by Gasteiger charge is 2.25. The summed E-state index contributed by atoms with van der Waals surface area (Å²) in [5, 5.41) is 6.78. The van der Waals surface area contributed by atoms with Crippen LogP contribution < -0.4 is 15.4 Å². The number of fused-ring (bicyclic) bond motifs is 1. The predicted molar refractivity (Wildman–Crippen MR) is 116 cm³/mol. The van der Waals surface area contributed by atoms with Gasteiger partial charge < -0.3 is 20.1 Å². The summed E-state index contributed by atoms with van der Waals surface area (Å²) >= 11 is 1.54. The van der Waals surface area contributed by atoms with Crippen LogP contribution in [-0.2, 0) is 17.6 Å². The number of methoxy groups -OCH3 is 2. The molecule has 0 unspecified atom stereocenters. The number of hydrogen-bond acceptors (Lipinski definition) is 6. The number of amides is 1. The Balaban J connectivity index is 1.73. The molecule has 2 N–H and O–H groups in total. The molecule has 1 aromatic carbocycles. The third-order valence-corrected chi connectivity index (χ3v) is 6.34. The van der Waals surface area contributed by atoms with Crippen molar-refractivity contribution in [3.05, 3.63) is 45.6 Å². The Kier molecular flexibility index (Phi) is 7.81. The normalized spacial score (nSPS) is 12.9. The molecule has 0 saturated heterocycles. The van der Waals surface area contributed by atoms with Crippen LogP contribution in [0.1, 0.15) is 50.4 Å². The molecule has 2 aromatic rings. The molecule has 1 heterocycles. The molecular weight excluding hydrogens is 407 g/mol. The number of rotatable bonds is 10. The number of nitrogens with one attached hydrogen (secondary N) is 2. The number of halogens is 1. The Morgan fingerprint density at radius 2 is 2.00 bits per heavy atom. The van der Waals surface area contributed by atoms with Crippen LogP contribution >= 0.6 is 11.3 Å². The average molecular weight is 435 g/mol. The lowest BCUT2D eigenvalue weighted by Gasteiger charge is -2.13. The minimum Gasteiger partial charge on any atom is -0.494 e. The molecule has 1 amide bonds. The second-order valence-electron chi connectivity index (χ2n) is 7.14. The second kappa shape index (κ2) is 10.5. The fourth-order valence-corrected chi connectivity index (χ4v) is 4.82. The molecule has 1 aliphatic rings. The number of aryl methyl sites for hydroxylation is 1. The molecule has 0 radical (unpaired) electrons. The molecule has 0 aliphatic heterocycles. The molecule has 8 heteroatoms. The standard InChI is InChI=1S/C22H27FN2O4S/c1-28-11-5-10-24-21(27)20-15-6-3-4-7-19(15)30-22(20)25-13-17(26)14-8-9-18(29-2)16(23)12-14/h8-9,12,25H,3-7,10-11,13H2,1-2H3,(H,24,27). The lowest BCUT2D eigenvalue weighted by Crippen LogP contribution is -2.27. The first-order chi connectivity index (χ1) is 14.5. The highest BCUT2D eigenvalue weighted by molar-refractivity contribution is 7.16. The van der Waals surface area contributed by atoms with Gasteiger partial charge in [-0.1, -0.05) is 0 Å². The van der Waals surface area contributed by atoms with Crippen molar-refractivity contribution in [2.24, 2.45) is 0 Å². The molecule has 0 bridgehead atoms. The highest BCUT2D eigenvalue weighted by Crippen LogP contribution is 2.38. The number of Topliss-reactive ketones (excluding diaryl/α,β-unsaturated/α-hetero) is 1. The van der Waals surface area contributed by atoms with Crippen LogP contribution in [0.15, 0.2) is 18.2 Å². The largest absolute Gasteiger partial charge is 0.494 e. The van der Waals surface area contributed by atoms with Gasteiger partial charge in [0.2, 0.25) is 0 Å². The Labute approximate surface area is 179 Å². The topological polar surface area (TPSA) is 76.7 Å². The van der Waals surface area contributed by atoms with Crippen molar-refractivity contribution in [3.8, 4) is 5.75 Å². The van der Waals surface area contributed by atoms with Crippen molar-refractivity contribution in [2.75, 3.05) is 39.2 Å². The van der Waals surface area contributed by atoms with Gasteiger partial charge in [-0.25, -0.2) is 4.39 Å². The first kappa shape index (κ1) is 22.2. The molecule has 1 aliphatic carbocycles. The number of ketones is 1. The molecule has 30 heavy (non-hydrogen) atoms. The van der Waals surface area contributed by atoms with Gasteiger partial charge in [0.05, 0.1) is 19.2 Å². The summed E-state index contributed by atoms with van der Waals surface area (Å²) < 4.78 is 23.8. The van der Waals surface area contributed by atoms with Crippen LogP contribution in [0.3, 0.4) is 0 Å². The molecule has 0 fully saturated rings. The van der Waals surface area contributed by atoms with E-state index in [4.69, 9.17) is 9.47 Å². The lowest BCUT2D eigenvalue weighted by atomic mass is 9.95. The first-order valence-electron chi connectivity index (χ1n) is 10.1. The summed E-state index contributed by atoms with van der Waals surface area (Å²) in [4.78, 5) is 26.6. The van der Waals surface area contributed by atoms with Gasteiger partial charge in [0.15, 0.2) is 17.3 Å². The maximum atomic E-state index is 13.9. The minimum absolute atomic E-state index is 0.0187. The van der Waals surface area contributed by atoms with Crippen LogP contribution in [0, 0.1) is 5.82 Å². The third kappa shape index (κ3) is 5.17. The van der Waals surface area contributed by atoms with E-state index in [0.717, 1.165) is 37.7 Å². The Hall–Kier alpha value is -2.45. The van der Waals surface area contributed by atoms with Gasteiger partial charge in [0.1, 0.15) is 5.00 Å². The molecular formula is C22H27FN2O4S. The van der Waals surface area contributed by atoms with Gasteiger partial charge in [0.25, 0.3) is 5.91 Å². The van der Waals surface area contributed by atoms with Gasteiger partial charge in [-0.2, -0.15) is 0 Å². The summed E-state index contributed by atoms with van der Waals surface area (Å²) in [5.41, 5.74) is 1.98. The summed E-state index contributed by atoms with van der Waals surface area (Å²) in [5.74, 6) is -0.866. The van der Waals surface area contributed by atoms with E-state index in [0.29, 0.717) is 23.7 Å². The van der Waals surface area contributed by atoms with Crippen LogP contribution in [0.5, 0.6) is 5.75 Å². The Bertz CT molecular complexity index is 913. The van der Waals surface area contributed by atoms with E-state index >= 15 is 0 Å². The number of anilines is 1. The van der Waals surface area contributed by atoms with Crippen LogP contribution in [0.4, 0.5) is 9.39 Å². The molecule has 0 saturated carbocycles. The lowest BCUT2D eigenvalue weighted by molar-refractivity contribution is 0.0946. The zero-order valence-electron chi connectivity index (χ0n) is 17.3. The fraction of sp³-hybridized carbons (Fsp3) is 0.455. The second-order valence-corrected chi connectivity index (χ2v) is 8.25. The van der Waals surface area contributed by atoms with E-state index in [1.54, 1.807) is 7.11 Å². The van der Waals surface area contributed by atoms with Crippen molar-refractivity contribution in [1.29, 1.82) is 0 Å². The van der Waals surface area contributed by atoms with E-state index in [1.807, 2.05) is 0 Å². The molecule has 0 spiro atoms. The zero-order valence-corrected chi connectivity index (χ0v) is 18.1. The van der Waals surface area contributed by atoms with Crippen LogP contribution in [0.25, 0.3) is 0 Å². The quantitative estimate of drug-likeness (QED) is 0.439. The number of ether oxygens (including phenoxy) is 2. The van der Waals surface area contributed by atoms with Gasteiger partial charge >= 0.3 is 0 Å². The minimum atomic E-state index is -0.578. The zero-order chi connectivity index (χ0) is 21.5. The highest BCUT2D eigenvalue weighted by atomic mass is 32.1. The number of carbonyl (C=O) groups is 2. The molecule has 3 rings (SSSR count). The summed E-state index contributed by atoms with van der Waals surface area (Å²) in [6.45, 7) is 1.09. The molecule has 1 aromatic heterocycles. The third-order valence-electron chi connectivity index (χ3n) is 5.09. The van der Waals surface area contributed by atoms with E-state index in [1.165, 1.54) is 41.5 Å². The van der Waals surface area contributed by atoms with Crippen molar-refractivity contribution >= 4 is 28.0 Å². The number of benzene rings is 1. The number of hydrogen-bond donors (Lipinski definition) is 2. The smallest absolute Gasteiger partial charge is 0.254 e. The Morgan fingerprint density at radius 1 is 1.20 bits per heavy atom. The predicted octanol–water partition coefficient (Wildman–Crippen LogP) is 3.84. The fourth-order valence-electron chi connectivity index (χ4n) is 3.54. The van der Waals surface area contributed by atoms with E-state index in [-0.39, 0.29) is 29.5 Å². The van der Waals surface area contributed by atoms with Crippen molar-refractivity contribution in [3.63, 3.8) is 0 Å². The maximum absolute atomic E-state index is 13.9. The average Bonchev–Trinajstić information content (AvgIpc) is 3.13. The summed E-state index contributed by atoms with van der Waals surface area (Å²) in [6.07, 6.45) is 4.71. The van der Waals surface area contributed by atoms with Gasteiger partial charge in [-0.3, -0.25) is 9.59 Å². The monoisotopic (exact) mass is 434 g/mol. The van der Waals surface area contributed by atoms with Gasteiger partial charge in [-0.15, -0.1) is 11.3 Å². The van der Waals surface area contributed by atoms with E-state index in [9.17, 15) is 14.0 Å². The molecule has 6 nitrogen and oxygen atoms in total. The summed E-state index contributed by atoms with van der Waals surface area (Å²) in [6, 6.07) is 4.14. The van der Waals surface area contributed by atoms with Gasteiger partial charge in [0, 0.05) is 30.7 Å². The number of thiophene rings is 1. The van der Waals surface area contributed by atoms with Crippen molar-refractivity contribution in [2.45, 2.75) is 32.1 Å². The summed E-state index contributed by atoms with van der Waals surface area (Å²) in [7, 11) is 3.01. The van der Waals surface area contributed by atoms with Crippen LogP contribution in [0.2, 0.25) is 0 Å². The Morgan fingerprint density at radius 3 is 2.73 bits per heavy atom. The van der Waals surface area contributed by atoms with E-state index < -0.39 is 5.82 Å². The van der Waals surface area contributed by atoms with Crippen molar-refractivity contribution < 1.29 is 23.5 Å². The van der Waals surface area contributed by atoms with Crippen LogP contribution in [-0.4, -0.2) is 45.6 Å². The first-order valence-corrected chi connectivity index (χ1v) is 10.9. The molecule has 0 atom stereocenters.